The maximum Gasteiger partial charge on any atom is 0.326 e. The van der Waals surface area contributed by atoms with Gasteiger partial charge in [0, 0.05) is 5.75 Å². The molecule has 0 radical (unpaired) electrons. The molecule has 1 rings (SSSR count). The average molecular weight is 499 g/mol. The van der Waals surface area contributed by atoms with Crippen LogP contribution in [0, 0.1) is 5.92 Å². The molecule has 3 amide bonds. The Morgan fingerprint density at radius 2 is 1.53 bits per heavy atom. The number of carbonyl (C=O) groups is 4. The molecule has 1 aromatic carbocycles. The van der Waals surface area contributed by atoms with Crippen LogP contribution in [0.2, 0.25) is 0 Å². The molecule has 0 aliphatic heterocycles. The molecule has 190 valence electrons. The summed E-state index contributed by atoms with van der Waals surface area (Å²) in [4.78, 5) is 49.3. The van der Waals surface area contributed by atoms with Crippen LogP contribution in [-0.2, 0) is 25.6 Å². The molecule has 0 aliphatic rings. The number of hydrogen-bond acceptors (Lipinski definition) is 8. The highest BCUT2D eigenvalue weighted by Gasteiger charge is 2.33. The molecule has 11 nitrogen and oxygen atoms in total. The van der Waals surface area contributed by atoms with Crippen molar-refractivity contribution >= 4 is 36.3 Å². The SMILES string of the molecule is CCC(C)C(NC(=O)C(NC(=O)C(CS)NC(=O)C(N)Cc1ccc(O)cc1)C(C)O)C(=O)O. The van der Waals surface area contributed by atoms with Crippen LogP contribution in [-0.4, -0.2) is 75.0 Å². The van der Waals surface area contributed by atoms with Gasteiger partial charge in [-0.2, -0.15) is 12.6 Å². The average Bonchev–Trinajstić information content (AvgIpc) is 2.79. The van der Waals surface area contributed by atoms with Crippen LogP contribution >= 0.6 is 12.6 Å². The predicted molar refractivity (Wildman–Crippen MR) is 128 cm³/mol. The highest BCUT2D eigenvalue weighted by atomic mass is 32.1. The summed E-state index contributed by atoms with van der Waals surface area (Å²) in [6.45, 7) is 4.70. The van der Waals surface area contributed by atoms with Gasteiger partial charge in [0.15, 0.2) is 0 Å². The fourth-order valence-electron chi connectivity index (χ4n) is 3.04. The first-order chi connectivity index (χ1) is 15.9. The van der Waals surface area contributed by atoms with Gasteiger partial charge in [-0.15, -0.1) is 0 Å². The zero-order valence-electron chi connectivity index (χ0n) is 19.4. The molecule has 34 heavy (non-hydrogen) atoms. The first kappa shape index (κ1) is 29.2. The van der Waals surface area contributed by atoms with Crippen molar-refractivity contribution in [2.24, 2.45) is 11.7 Å². The minimum atomic E-state index is -1.46. The number of thiol groups is 1. The fourth-order valence-corrected chi connectivity index (χ4v) is 3.29. The van der Waals surface area contributed by atoms with Gasteiger partial charge in [-0.3, -0.25) is 14.4 Å². The Bertz CT molecular complexity index is 850. The van der Waals surface area contributed by atoms with Crippen molar-refractivity contribution in [3.63, 3.8) is 0 Å². The molecule has 8 N–H and O–H groups in total. The number of nitrogens with two attached hydrogens (primary N) is 1. The van der Waals surface area contributed by atoms with Crippen molar-refractivity contribution in [1.29, 1.82) is 0 Å². The van der Waals surface area contributed by atoms with Crippen molar-refractivity contribution in [3.8, 4) is 5.75 Å². The lowest BCUT2D eigenvalue weighted by Crippen LogP contribution is -2.60. The number of rotatable bonds is 13. The topological polar surface area (TPSA) is 191 Å². The molecular formula is C22H34N4O7S. The molecule has 1 aromatic rings. The van der Waals surface area contributed by atoms with E-state index in [9.17, 15) is 34.5 Å². The van der Waals surface area contributed by atoms with Crippen LogP contribution in [0.4, 0.5) is 0 Å². The first-order valence-electron chi connectivity index (χ1n) is 10.9. The van der Waals surface area contributed by atoms with E-state index in [1.807, 2.05) is 0 Å². The van der Waals surface area contributed by atoms with E-state index in [2.05, 4.69) is 28.6 Å². The van der Waals surface area contributed by atoms with Gasteiger partial charge in [-0.1, -0.05) is 32.4 Å². The van der Waals surface area contributed by atoms with Gasteiger partial charge in [-0.05, 0) is 37.0 Å². The number of carbonyl (C=O) groups excluding carboxylic acids is 3. The van der Waals surface area contributed by atoms with E-state index in [1.165, 1.54) is 19.1 Å². The maximum absolute atomic E-state index is 12.7. The van der Waals surface area contributed by atoms with Crippen molar-refractivity contribution in [1.82, 2.24) is 16.0 Å². The van der Waals surface area contributed by atoms with Crippen molar-refractivity contribution < 1.29 is 34.5 Å². The normalized spacial score (nSPS) is 16.3. The standard InChI is InChI=1S/C22H34N4O7S/c1-4-11(2)17(22(32)33)25-21(31)18(12(3)27)26-20(30)16(10-34)24-19(29)15(23)9-13-5-7-14(28)8-6-13/h5-8,11-12,15-18,27-28,34H,4,9-10,23H2,1-3H3,(H,24,29)(H,25,31)(H,26,30)(H,32,33). The lowest BCUT2D eigenvalue weighted by molar-refractivity contribution is -0.144. The molecule has 0 aromatic heterocycles. The third kappa shape index (κ3) is 8.84. The van der Waals surface area contributed by atoms with E-state index in [1.54, 1.807) is 26.0 Å². The molecule has 12 heteroatoms. The van der Waals surface area contributed by atoms with Gasteiger partial charge in [-0.25, -0.2) is 4.79 Å². The van der Waals surface area contributed by atoms with Crippen molar-refractivity contribution in [3.05, 3.63) is 29.8 Å². The molecule has 0 bridgehead atoms. The summed E-state index contributed by atoms with van der Waals surface area (Å²) in [5, 5.41) is 35.9. The maximum atomic E-state index is 12.7. The van der Waals surface area contributed by atoms with Crippen molar-refractivity contribution in [2.75, 3.05) is 5.75 Å². The zero-order valence-corrected chi connectivity index (χ0v) is 20.3. The minimum Gasteiger partial charge on any atom is -0.508 e. The number of phenolic OH excluding ortho intramolecular Hbond substituents is 1. The second-order valence-corrected chi connectivity index (χ2v) is 8.52. The summed E-state index contributed by atoms with van der Waals surface area (Å²) < 4.78 is 0. The molecule has 0 saturated carbocycles. The molecular weight excluding hydrogens is 464 g/mol. The van der Waals surface area contributed by atoms with Gasteiger partial charge >= 0.3 is 5.97 Å². The van der Waals surface area contributed by atoms with Crippen LogP contribution in [0.25, 0.3) is 0 Å². The highest BCUT2D eigenvalue weighted by Crippen LogP contribution is 2.11. The number of hydrogen-bond donors (Lipinski definition) is 8. The second kappa shape index (κ2) is 13.8. The number of phenols is 1. The second-order valence-electron chi connectivity index (χ2n) is 8.16. The Kier molecular flexibility index (Phi) is 11.8. The molecule has 0 spiro atoms. The van der Waals surface area contributed by atoms with E-state index in [0.29, 0.717) is 12.0 Å². The third-order valence-corrected chi connectivity index (χ3v) is 5.75. The van der Waals surface area contributed by atoms with E-state index in [4.69, 9.17) is 5.73 Å². The number of carboxylic acids is 1. The Hall–Kier alpha value is -2.83. The fraction of sp³-hybridized carbons (Fsp3) is 0.545. The van der Waals surface area contributed by atoms with E-state index >= 15 is 0 Å². The first-order valence-corrected chi connectivity index (χ1v) is 11.5. The zero-order chi connectivity index (χ0) is 26.0. The number of aliphatic carboxylic acids is 1. The summed E-state index contributed by atoms with van der Waals surface area (Å²) in [6.07, 6.45) is -0.706. The van der Waals surface area contributed by atoms with Crippen molar-refractivity contribution in [2.45, 2.75) is 63.9 Å². The molecule has 0 aliphatic carbocycles. The summed E-state index contributed by atoms with van der Waals surface area (Å²) in [5.41, 5.74) is 6.62. The Morgan fingerprint density at radius 1 is 0.971 bits per heavy atom. The summed E-state index contributed by atoms with van der Waals surface area (Å²) in [5.74, 6) is -3.97. The molecule has 6 atom stereocenters. The van der Waals surface area contributed by atoms with Crippen LogP contribution in [0.3, 0.4) is 0 Å². The number of aliphatic hydroxyl groups excluding tert-OH is 1. The molecule has 6 unspecified atom stereocenters. The van der Waals surface area contributed by atoms with E-state index in [-0.39, 0.29) is 23.8 Å². The van der Waals surface area contributed by atoms with Crippen LogP contribution in [0.15, 0.2) is 24.3 Å². The molecule has 0 heterocycles. The lowest BCUT2D eigenvalue weighted by atomic mass is 9.98. The minimum absolute atomic E-state index is 0.0733. The van der Waals surface area contributed by atoms with E-state index < -0.39 is 54.0 Å². The van der Waals surface area contributed by atoms with Gasteiger partial charge in [0.25, 0.3) is 0 Å². The summed E-state index contributed by atoms with van der Waals surface area (Å²) >= 11 is 4.07. The summed E-state index contributed by atoms with van der Waals surface area (Å²) in [7, 11) is 0. The van der Waals surface area contributed by atoms with Gasteiger partial charge in [0.1, 0.15) is 23.9 Å². The van der Waals surface area contributed by atoms with Gasteiger partial charge in [0.2, 0.25) is 17.7 Å². The summed E-state index contributed by atoms with van der Waals surface area (Å²) in [6, 6.07) is 1.32. The largest absolute Gasteiger partial charge is 0.508 e. The number of amides is 3. The number of carboxylic acid groups (broad SMARTS) is 1. The predicted octanol–water partition coefficient (Wildman–Crippen LogP) is -0.842. The number of nitrogens with one attached hydrogen (secondary N) is 3. The highest BCUT2D eigenvalue weighted by molar-refractivity contribution is 7.80. The van der Waals surface area contributed by atoms with Gasteiger partial charge in [0.05, 0.1) is 12.1 Å². The van der Waals surface area contributed by atoms with Crippen LogP contribution < -0.4 is 21.7 Å². The monoisotopic (exact) mass is 498 g/mol. The molecule has 0 fully saturated rings. The Labute approximate surface area is 203 Å². The number of benzene rings is 1. The van der Waals surface area contributed by atoms with Gasteiger partial charge < -0.3 is 37.0 Å². The lowest BCUT2D eigenvalue weighted by Gasteiger charge is -2.27. The molecule has 0 saturated heterocycles. The quantitative estimate of drug-likeness (QED) is 0.161. The third-order valence-electron chi connectivity index (χ3n) is 5.38. The number of aliphatic hydroxyl groups is 1. The Balaban J connectivity index is 2.82. The Morgan fingerprint density at radius 3 is 2.00 bits per heavy atom. The smallest absolute Gasteiger partial charge is 0.326 e. The van der Waals surface area contributed by atoms with Crippen LogP contribution in [0.5, 0.6) is 5.75 Å². The van der Waals surface area contributed by atoms with E-state index in [0.717, 1.165) is 0 Å². The number of aromatic hydroxyl groups is 1. The van der Waals surface area contributed by atoms with Crippen LogP contribution in [0.1, 0.15) is 32.8 Å².